The van der Waals surface area contributed by atoms with E-state index in [4.69, 9.17) is 0 Å². The molecule has 0 unspecified atom stereocenters. The second-order valence-electron chi connectivity index (χ2n) is 5.47. The van der Waals surface area contributed by atoms with Gasteiger partial charge in [-0.2, -0.15) is 5.10 Å². The van der Waals surface area contributed by atoms with E-state index in [-0.39, 0.29) is 17.9 Å². The summed E-state index contributed by atoms with van der Waals surface area (Å²) in [4.78, 5) is 12.2. The van der Waals surface area contributed by atoms with Gasteiger partial charge in [0.25, 0.3) is 0 Å². The highest BCUT2D eigenvalue weighted by molar-refractivity contribution is 5.78. The van der Waals surface area contributed by atoms with E-state index in [9.17, 15) is 4.79 Å². The number of nitrogens with zero attached hydrogens (tertiary/aromatic N) is 2. The first kappa shape index (κ1) is 14.1. The number of carbonyl (C=O) groups excluding carboxylic acids is 1. The van der Waals surface area contributed by atoms with Crippen molar-refractivity contribution >= 4 is 5.91 Å². The average molecular weight is 263 g/mol. The van der Waals surface area contributed by atoms with Crippen LogP contribution >= 0.6 is 0 Å². The Morgan fingerprint density at radius 3 is 2.74 bits per heavy atom. The van der Waals surface area contributed by atoms with Gasteiger partial charge in [-0.05, 0) is 31.7 Å². The number of carbonyl (C=O) groups is 1. The molecule has 2 rings (SSSR count). The maximum absolute atomic E-state index is 12.2. The van der Waals surface area contributed by atoms with Crippen molar-refractivity contribution in [3.8, 4) is 0 Å². The zero-order chi connectivity index (χ0) is 13.7. The summed E-state index contributed by atoms with van der Waals surface area (Å²) in [6.07, 6.45) is 10.3. The van der Waals surface area contributed by atoms with Crippen LogP contribution in [0.1, 0.15) is 58.4 Å². The van der Waals surface area contributed by atoms with Crippen molar-refractivity contribution in [2.24, 2.45) is 5.92 Å². The molecule has 0 aromatic carbocycles. The average Bonchev–Trinajstić information content (AvgIpc) is 2.94. The Morgan fingerprint density at radius 1 is 1.37 bits per heavy atom. The number of hydrogen-bond acceptors (Lipinski definition) is 2. The highest BCUT2D eigenvalue weighted by atomic mass is 16.1. The van der Waals surface area contributed by atoms with E-state index in [0.29, 0.717) is 6.04 Å². The molecule has 1 aliphatic carbocycles. The quantitative estimate of drug-likeness (QED) is 0.888. The molecule has 1 amide bonds. The van der Waals surface area contributed by atoms with Gasteiger partial charge in [-0.25, -0.2) is 0 Å². The van der Waals surface area contributed by atoms with Gasteiger partial charge < -0.3 is 5.32 Å². The summed E-state index contributed by atoms with van der Waals surface area (Å²) in [5.74, 6) is 0.370. The van der Waals surface area contributed by atoms with E-state index in [2.05, 4.69) is 24.3 Å². The van der Waals surface area contributed by atoms with Gasteiger partial charge in [0, 0.05) is 18.3 Å². The second-order valence-corrected chi connectivity index (χ2v) is 5.47. The summed E-state index contributed by atoms with van der Waals surface area (Å²) in [6.45, 7) is 4.17. The van der Waals surface area contributed by atoms with Gasteiger partial charge in [-0.1, -0.05) is 26.7 Å². The molecule has 0 saturated heterocycles. The van der Waals surface area contributed by atoms with Gasteiger partial charge in [0.05, 0.1) is 12.1 Å². The van der Waals surface area contributed by atoms with E-state index in [1.54, 1.807) is 0 Å². The van der Waals surface area contributed by atoms with Crippen LogP contribution in [0.4, 0.5) is 0 Å². The minimum absolute atomic E-state index is 0.153. The predicted octanol–water partition coefficient (Wildman–Crippen LogP) is 2.92. The first-order chi connectivity index (χ1) is 9.26. The summed E-state index contributed by atoms with van der Waals surface area (Å²) in [6, 6.07) is 2.51. The van der Waals surface area contributed by atoms with Gasteiger partial charge >= 0.3 is 0 Å². The minimum atomic E-state index is 0.153. The lowest BCUT2D eigenvalue weighted by molar-refractivity contribution is -0.126. The third kappa shape index (κ3) is 3.37. The Morgan fingerprint density at radius 2 is 2.11 bits per heavy atom. The summed E-state index contributed by atoms with van der Waals surface area (Å²) in [5.41, 5.74) is 0. The highest BCUT2D eigenvalue weighted by Crippen LogP contribution is 2.28. The van der Waals surface area contributed by atoms with Crippen LogP contribution in [-0.2, 0) is 4.79 Å². The van der Waals surface area contributed by atoms with Gasteiger partial charge in [0.1, 0.15) is 0 Å². The van der Waals surface area contributed by atoms with Crippen LogP contribution in [-0.4, -0.2) is 21.7 Å². The smallest absolute Gasteiger partial charge is 0.223 e. The molecule has 1 N–H and O–H groups in total. The topological polar surface area (TPSA) is 46.9 Å². The molecule has 1 aliphatic rings. The molecular formula is C15H25N3O. The van der Waals surface area contributed by atoms with E-state index in [1.807, 2.05) is 23.1 Å². The first-order valence-corrected chi connectivity index (χ1v) is 7.55. The van der Waals surface area contributed by atoms with Crippen molar-refractivity contribution in [3.63, 3.8) is 0 Å². The molecule has 0 aliphatic heterocycles. The fourth-order valence-electron chi connectivity index (χ4n) is 3.03. The molecule has 0 spiro atoms. The third-order valence-electron chi connectivity index (χ3n) is 4.28. The molecule has 1 aromatic heterocycles. The van der Waals surface area contributed by atoms with Crippen molar-refractivity contribution < 1.29 is 4.79 Å². The number of aromatic nitrogens is 2. The number of rotatable bonds is 5. The van der Waals surface area contributed by atoms with Crippen LogP contribution < -0.4 is 5.32 Å². The maximum Gasteiger partial charge on any atom is 0.223 e. The molecule has 1 fully saturated rings. The first-order valence-electron chi connectivity index (χ1n) is 7.55. The zero-order valence-electron chi connectivity index (χ0n) is 12.0. The lowest BCUT2D eigenvalue weighted by Gasteiger charge is -2.33. The fourth-order valence-corrected chi connectivity index (χ4v) is 3.03. The normalized spacial score (nSPS) is 23.5. The Bertz CT molecular complexity index is 384. The molecule has 2 atom stereocenters. The number of hydrogen-bond donors (Lipinski definition) is 1. The molecule has 4 nitrogen and oxygen atoms in total. The number of amides is 1. The molecule has 1 aromatic rings. The molecular weight excluding hydrogens is 238 g/mol. The van der Waals surface area contributed by atoms with Crippen LogP contribution in [0.25, 0.3) is 0 Å². The highest BCUT2D eigenvalue weighted by Gasteiger charge is 2.29. The van der Waals surface area contributed by atoms with Gasteiger partial charge in [0.2, 0.25) is 5.91 Å². The van der Waals surface area contributed by atoms with Crippen LogP contribution in [0.15, 0.2) is 18.5 Å². The van der Waals surface area contributed by atoms with Gasteiger partial charge in [0.15, 0.2) is 0 Å². The summed E-state index contributed by atoms with van der Waals surface area (Å²) < 4.78 is 2.01. The SMILES string of the molecule is CCC(CC)C(=O)N[C@@H]1CCCC[C@@H]1n1cccn1. The Labute approximate surface area is 115 Å². The Balaban J connectivity index is 2.02. The molecule has 0 bridgehead atoms. The predicted molar refractivity (Wildman–Crippen MR) is 75.7 cm³/mol. The van der Waals surface area contributed by atoms with E-state index < -0.39 is 0 Å². The summed E-state index contributed by atoms with van der Waals surface area (Å²) in [7, 11) is 0. The van der Waals surface area contributed by atoms with Crippen molar-refractivity contribution in [2.75, 3.05) is 0 Å². The molecule has 19 heavy (non-hydrogen) atoms. The lowest BCUT2D eigenvalue weighted by Crippen LogP contribution is -2.45. The molecule has 1 saturated carbocycles. The van der Waals surface area contributed by atoms with E-state index in [1.165, 1.54) is 12.8 Å². The summed E-state index contributed by atoms with van der Waals surface area (Å²) in [5, 5.41) is 7.61. The van der Waals surface area contributed by atoms with Crippen LogP contribution in [0.5, 0.6) is 0 Å². The van der Waals surface area contributed by atoms with Crippen molar-refractivity contribution in [1.29, 1.82) is 0 Å². The molecule has 0 radical (unpaired) electrons. The van der Waals surface area contributed by atoms with Crippen LogP contribution in [0.2, 0.25) is 0 Å². The monoisotopic (exact) mass is 263 g/mol. The summed E-state index contributed by atoms with van der Waals surface area (Å²) >= 11 is 0. The minimum Gasteiger partial charge on any atom is -0.351 e. The maximum atomic E-state index is 12.2. The third-order valence-corrected chi connectivity index (χ3v) is 4.28. The number of nitrogens with one attached hydrogen (secondary N) is 1. The van der Waals surface area contributed by atoms with Crippen molar-refractivity contribution in [3.05, 3.63) is 18.5 Å². The van der Waals surface area contributed by atoms with Gasteiger partial charge in [-0.3, -0.25) is 9.48 Å². The fraction of sp³-hybridized carbons (Fsp3) is 0.733. The Hall–Kier alpha value is -1.32. The largest absolute Gasteiger partial charge is 0.351 e. The van der Waals surface area contributed by atoms with Gasteiger partial charge in [-0.15, -0.1) is 0 Å². The van der Waals surface area contributed by atoms with E-state index in [0.717, 1.165) is 25.7 Å². The van der Waals surface area contributed by atoms with E-state index >= 15 is 0 Å². The Kier molecular flexibility index (Phi) is 5.00. The zero-order valence-corrected chi connectivity index (χ0v) is 12.0. The molecule has 1 heterocycles. The lowest BCUT2D eigenvalue weighted by atomic mass is 9.89. The molecule has 4 heteroatoms. The van der Waals surface area contributed by atoms with Crippen molar-refractivity contribution in [2.45, 2.75) is 64.5 Å². The van der Waals surface area contributed by atoms with Crippen molar-refractivity contribution in [1.82, 2.24) is 15.1 Å². The second kappa shape index (κ2) is 6.73. The standard InChI is InChI=1S/C15H25N3O/c1-3-12(4-2)15(19)17-13-8-5-6-9-14(13)18-11-7-10-16-18/h7,10-14H,3-6,8-9H2,1-2H3,(H,17,19)/t13-,14+/m1/s1. The molecule has 106 valence electrons. The van der Waals surface area contributed by atoms with Crippen LogP contribution in [0, 0.1) is 5.92 Å². The van der Waals surface area contributed by atoms with Crippen LogP contribution in [0.3, 0.4) is 0 Å².